The maximum Gasteiger partial charge on any atom is 0.151 e. The Kier molecular flexibility index (Phi) is 2.82. The molecule has 1 aliphatic heterocycles. The third-order valence-corrected chi connectivity index (χ3v) is 3.92. The van der Waals surface area contributed by atoms with E-state index in [1.54, 1.807) is 6.07 Å². The highest BCUT2D eigenvalue weighted by Gasteiger charge is 2.29. The summed E-state index contributed by atoms with van der Waals surface area (Å²) in [6.45, 7) is 7.09. The van der Waals surface area contributed by atoms with Crippen LogP contribution in [0, 0.1) is 11.7 Å². The molecule has 2 atom stereocenters. The van der Waals surface area contributed by atoms with Crippen LogP contribution in [0.2, 0.25) is 0 Å². The number of aryl methyl sites for hydroxylation is 1. The van der Waals surface area contributed by atoms with Crippen LogP contribution >= 0.6 is 0 Å². The van der Waals surface area contributed by atoms with Gasteiger partial charge < -0.3 is 9.88 Å². The fourth-order valence-corrected chi connectivity index (χ4v) is 2.90. The summed E-state index contributed by atoms with van der Waals surface area (Å²) >= 11 is 0. The number of imidazole rings is 1. The van der Waals surface area contributed by atoms with Gasteiger partial charge in [-0.25, -0.2) is 9.37 Å². The highest BCUT2D eigenvalue weighted by atomic mass is 19.1. The van der Waals surface area contributed by atoms with Crippen molar-refractivity contribution < 1.29 is 4.39 Å². The Morgan fingerprint density at radius 3 is 2.94 bits per heavy atom. The maximum atomic E-state index is 13.8. The lowest BCUT2D eigenvalue weighted by molar-refractivity contribution is 0.522. The van der Waals surface area contributed by atoms with E-state index in [2.05, 4.69) is 28.7 Å². The molecule has 1 saturated heterocycles. The predicted octanol–water partition coefficient (Wildman–Crippen LogP) is 2.52. The second kappa shape index (κ2) is 4.35. The van der Waals surface area contributed by atoms with Crippen molar-refractivity contribution in [3.63, 3.8) is 0 Å². The van der Waals surface area contributed by atoms with Crippen molar-refractivity contribution in [3.05, 3.63) is 29.8 Å². The molecule has 0 amide bonds. The van der Waals surface area contributed by atoms with Gasteiger partial charge >= 0.3 is 0 Å². The van der Waals surface area contributed by atoms with Gasteiger partial charge in [0.15, 0.2) is 5.82 Å². The lowest BCUT2D eigenvalue weighted by Gasteiger charge is -2.15. The average Bonchev–Trinajstić information content (AvgIpc) is 2.92. The van der Waals surface area contributed by atoms with Gasteiger partial charge in [0, 0.05) is 19.0 Å². The molecule has 0 spiro atoms. The third kappa shape index (κ3) is 1.63. The smallest absolute Gasteiger partial charge is 0.151 e. The zero-order valence-electron chi connectivity index (χ0n) is 10.8. The summed E-state index contributed by atoms with van der Waals surface area (Å²) in [6, 6.07) is 5.19. The van der Waals surface area contributed by atoms with Crippen LogP contribution in [-0.2, 0) is 6.54 Å². The molecule has 2 heterocycles. The van der Waals surface area contributed by atoms with Crippen molar-refractivity contribution in [2.24, 2.45) is 5.92 Å². The molecule has 2 aromatic rings. The van der Waals surface area contributed by atoms with Crippen LogP contribution in [0.4, 0.5) is 4.39 Å². The minimum Gasteiger partial charge on any atom is -0.328 e. The molecule has 0 bridgehead atoms. The molecule has 1 aliphatic rings. The Morgan fingerprint density at radius 1 is 1.44 bits per heavy atom. The Bertz CT molecular complexity index is 576. The van der Waals surface area contributed by atoms with Crippen LogP contribution in [0.1, 0.15) is 25.6 Å². The van der Waals surface area contributed by atoms with E-state index in [0.717, 1.165) is 31.0 Å². The summed E-state index contributed by atoms with van der Waals surface area (Å²) in [7, 11) is 0. The zero-order valence-corrected chi connectivity index (χ0v) is 10.8. The van der Waals surface area contributed by atoms with Gasteiger partial charge in [-0.2, -0.15) is 0 Å². The number of para-hydroxylation sites is 1. The highest BCUT2D eigenvalue weighted by Crippen LogP contribution is 2.30. The number of rotatable bonds is 2. The molecule has 3 nitrogen and oxygen atoms in total. The van der Waals surface area contributed by atoms with Gasteiger partial charge in [0.2, 0.25) is 0 Å². The fraction of sp³-hybridized carbons (Fsp3) is 0.500. The topological polar surface area (TPSA) is 29.9 Å². The van der Waals surface area contributed by atoms with Gasteiger partial charge in [-0.1, -0.05) is 13.0 Å². The van der Waals surface area contributed by atoms with Gasteiger partial charge in [0.25, 0.3) is 0 Å². The number of benzene rings is 1. The summed E-state index contributed by atoms with van der Waals surface area (Å²) in [5.41, 5.74) is 1.42. The van der Waals surface area contributed by atoms with E-state index in [0.29, 0.717) is 17.4 Å². The van der Waals surface area contributed by atoms with Crippen molar-refractivity contribution in [1.29, 1.82) is 0 Å². The molecule has 3 rings (SSSR count). The van der Waals surface area contributed by atoms with Crippen LogP contribution in [0.3, 0.4) is 0 Å². The SMILES string of the molecule is CCn1c(C2CNCC2C)nc2c(F)cccc21. The van der Waals surface area contributed by atoms with Crippen molar-refractivity contribution in [3.8, 4) is 0 Å². The number of halogens is 1. The van der Waals surface area contributed by atoms with Gasteiger partial charge in [0.1, 0.15) is 11.3 Å². The van der Waals surface area contributed by atoms with Gasteiger partial charge in [-0.3, -0.25) is 0 Å². The largest absolute Gasteiger partial charge is 0.328 e. The van der Waals surface area contributed by atoms with Crippen LogP contribution in [-0.4, -0.2) is 22.6 Å². The van der Waals surface area contributed by atoms with E-state index in [-0.39, 0.29) is 5.82 Å². The molecule has 0 aliphatic carbocycles. The first-order chi connectivity index (χ1) is 8.72. The lowest BCUT2D eigenvalue weighted by atomic mass is 9.97. The van der Waals surface area contributed by atoms with E-state index < -0.39 is 0 Å². The van der Waals surface area contributed by atoms with E-state index in [9.17, 15) is 4.39 Å². The Balaban J connectivity index is 2.19. The number of aromatic nitrogens is 2. The Morgan fingerprint density at radius 2 is 2.28 bits per heavy atom. The van der Waals surface area contributed by atoms with E-state index in [4.69, 9.17) is 0 Å². The quantitative estimate of drug-likeness (QED) is 0.883. The summed E-state index contributed by atoms with van der Waals surface area (Å²) in [4.78, 5) is 4.56. The Labute approximate surface area is 106 Å². The predicted molar refractivity (Wildman–Crippen MR) is 70.1 cm³/mol. The standard InChI is InChI=1S/C14H18FN3/c1-3-18-12-6-4-5-11(15)13(12)17-14(18)10-8-16-7-9(10)2/h4-6,9-10,16H,3,7-8H2,1-2H3. The first-order valence-corrected chi connectivity index (χ1v) is 6.57. The van der Waals surface area contributed by atoms with Gasteiger partial charge in [-0.05, 0) is 31.5 Å². The summed E-state index contributed by atoms with van der Waals surface area (Å²) in [6.07, 6.45) is 0. The molecule has 1 N–H and O–H groups in total. The van der Waals surface area contributed by atoms with Crippen molar-refractivity contribution in [2.75, 3.05) is 13.1 Å². The van der Waals surface area contributed by atoms with Crippen molar-refractivity contribution >= 4 is 11.0 Å². The van der Waals surface area contributed by atoms with Crippen LogP contribution in [0.25, 0.3) is 11.0 Å². The molecule has 1 aromatic heterocycles. The van der Waals surface area contributed by atoms with Crippen LogP contribution < -0.4 is 5.32 Å². The number of hydrogen-bond donors (Lipinski definition) is 1. The molecule has 4 heteroatoms. The molecule has 1 aromatic carbocycles. The van der Waals surface area contributed by atoms with Crippen LogP contribution in [0.5, 0.6) is 0 Å². The molecule has 96 valence electrons. The second-order valence-corrected chi connectivity index (χ2v) is 5.06. The number of hydrogen-bond acceptors (Lipinski definition) is 2. The maximum absolute atomic E-state index is 13.8. The molecule has 1 fully saturated rings. The third-order valence-electron chi connectivity index (χ3n) is 3.92. The summed E-state index contributed by atoms with van der Waals surface area (Å²) in [5, 5.41) is 3.38. The fourth-order valence-electron chi connectivity index (χ4n) is 2.90. The zero-order chi connectivity index (χ0) is 12.7. The average molecular weight is 247 g/mol. The monoisotopic (exact) mass is 247 g/mol. The minimum absolute atomic E-state index is 0.223. The Hall–Kier alpha value is -1.42. The first kappa shape index (κ1) is 11.7. The van der Waals surface area contributed by atoms with Crippen molar-refractivity contribution in [1.82, 2.24) is 14.9 Å². The molecular weight excluding hydrogens is 229 g/mol. The van der Waals surface area contributed by atoms with Crippen molar-refractivity contribution in [2.45, 2.75) is 26.3 Å². The normalized spacial score (nSPS) is 23.9. The molecule has 0 saturated carbocycles. The summed E-state index contributed by atoms with van der Waals surface area (Å²) in [5.74, 6) is 1.74. The molecule has 18 heavy (non-hydrogen) atoms. The minimum atomic E-state index is -0.223. The lowest BCUT2D eigenvalue weighted by Crippen LogP contribution is -2.14. The number of fused-ring (bicyclic) bond motifs is 1. The van der Waals surface area contributed by atoms with E-state index >= 15 is 0 Å². The van der Waals surface area contributed by atoms with E-state index in [1.807, 2.05) is 6.07 Å². The van der Waals surface area contributed by atoms with Crippen LogP contribution in [0.15, 0.2) is 18.2 Å². The second-order valence-electron chi connectivity index (χ2n) is 5.06. The highest BCUT2D eigenvalue weighted by molar-refractivity contribution is 5.76. The number of nitrogens with one attached hydrogen (secondary N) is 1. The first-order valence-electron chi connectivity index (χ1n) is 6.57. The molecule has 0 radical (unpaired) electrons. The van der Waals surface area contributed by atoms with Gasteiger partial charge in [0.05, 0.1) is 5.52 Å². The van der Waals surface area contributed by atoms with E-state index in [1.165, 1.54) is 6.07 Å². The number of nitrogens with zero attached hydrogens (tertiary/aromatic N) is 2. The van der Waals surface area contributed by atoms with Gasteiger partial charge in [-0.15, -0.1) is 0 Å². The summed E-state index contributed by atoms with van der Waals surface area (Å²) < 4.78 is 16.0. The molecule has 2 unspecified atom stereocenters. The molecular formula is C14H18FN3.